The average molecular weight is 275 g/mol. The van der Waals surface area contributed by atoms with E-state index in [4.69, 9.17) is 5.11 Å². The van der Waals surface area contributed by atoms with Crippen molar-refractivity contribution >= 4 is 11.3 Å². The van der Waals surface area contributed by atoms with Gasteiger partial charge >= 0.3 is 0 Å². The van der Waals surface area contributed by atoms with Crippen LogP contribution in [0, 0.1) is 0 Å². The summed E-state index contributed by atoms with van der Waals surface area (Å²) in [7, 11) is 0. The Labute approximate surface area is 119 Å². The quantitative estimate of drug-likeness (QED) is 0.808. The standard InChI is InChI=1S/C16H21NOS/c1-2-14(8-10-18)17-12-16-15(9-11-19-16)13-6-4-3-5-7-13/h3-7,9,11,14,17-18H,2,8,10,12H2,1H3. The van der Waals surface area contributed by atoms with Gasteiger partial charge in [-0.15, -0.1) is 11.3 Å². The number of thiophene rings is 1. The van der Waals surface area contributed by atoms with Gasteiger partial charge in [-0.05, 0) is 35.4 Å². The lowest BCUT2D eigenvalue weighted by atomic mass is 10.1. The molecule has 0 aliphatic carbocycles. The maximum atomic E-state index is 9.02. The summed E-state index contributed by atoms with van der Waals surface area (Å²) in [5.41, 5.74) is 2.59. The molecule has 19 heavy (non-hydrogen) atoms. The van der Waals surface area contributed by atoms with Gasteiger partial charge in [-0.25, -0.2) is 0 Å². The van der Waals surface area contributed by atoms with Crippen molar-refractivity contribution in [2.24, 2.45) is 0 Å². The van der Waals surface area contributed by atoms with E-state index in [1.807, 2.05) is 6.07 Å². The Balaban J connectivity index is 2.04. The minimum atomic E-state index is 0.251. The summed E-state index contributed by atoms with van der Waals surface area (Å²) in [6.07, 6.45) is 1.87. The van der Waals surface area contributed by atoms with Crippen LogP contribution in [0.5, 0.6) is 0 Å². The third-order valence-electron chi connectivity index (χ3n) is 3.35. The van der Waals surface area contributed by atoms with Gasteiger partial charge in [-0.1, -0.05) is 37.3 Å². The molecular formula is C16H21NOS. The molecule has 0 spiro atoms. The fourth-order valence-electron chi connectivity index (χ4n) is 2.20. The van der Waals surface area contributed by atoms with Crippen molar-refractivity contribution in [2.45, 2.75) is 32.4 Å². The number of nitrogens with one attached hydrogen (secondary N) is 1. The molecule has 0 bridgehead atoms. The van der Waals surface area contributed by atoms with Crippen LogP contribution in [0.25, 0.3) is 11.1 Å². The van der Waals surface area contributed by atoms with Gasteiger partial charge in [0, 0.05) is 24.1 Å². The third kappa shape index (κ3) is 3.90. The highest BCUT2D eigenvalue weighted by molar-refractivity contribution is 7.10. The molecule has 0 fully saturated rings. The van der Waals surface area contributed by atoms with Crippen LogP contribution in [-0.2, 0) is 6.54 Å². The Morgan fingerprint density at radius 2 is 2.00 bits per heavy atom. The van der Waals surface area contributed by atoms with E-state index in [1.54, 1.807) is 11.3 Å². The van der Waals surface area contributed by atoms with Crippen LogP contribution in [0.15, 0.2) is 41.8 Å². The molecule has 0 amide bonds. The summed E-state index contributed by atoms with van der Waals surface area (Å²) >= 11 is 1.79. The number of aliphatic hydroxyl groups is 1. The van der Waals surface area contributed by atoms with Crippen LogP contribution in [0.3, 0.4) is 0 Å². The minimum absolute atomic E-state index is 0.251. The second kappa shape index (κ2) is 7.43. The molecule has 2 nitrogen and oxygen atoms in total. The summed E-state index contributed by atoms with van der Waals surface area (Å²) in [6, 6.07) is 13.1. The van der Waals surface area contributed by atoms with Gasteiger partial charge in [0.05, 0.1) is 0 Å². The lowest BCUT2D eigenvalue weighted by molar-refractivity contribution is 0.262. The zero-order valence-corrected chi connectivity index (χ0v) is 12.1. The van der Waals surface area contributed by atoms with Crippen LogP contribution in [0.1, 0.15) is 24.6 Å². The van der Waals surface area contributed by atoms with E-state index in [9.17, 15) is 0 Å². The summed E-state index contributed by atoms with van der Waals surface area (Å²) in [5, 5.41) is 14.7. The summed E-state index contributed by atoms with van der Waals surface area (Å²) in [5.74, 6) is 0. The predicted molar refractivity (Wildman–Crippen MR) is 82.4 cm³/mol. The van der Waals surface area contributed by atoms with E-state index in [1.165, 1.54) is 16.0 Å². The molecule has 1 heterocycles. The molecule has 2 rings (SSSR count). The first-order chi connectivity index (χ1) is 9.35. The number of hydrogen-bond donors (Lipinski definition) is 2. The molecule has 1 unspecified atom stereocenters. The number of benzene rings is 1. The van der Waals surface area contributed by atoms with Gasteiger partial charge in [0.15, 0.2) is 0 Å². The van der Waals surface area contributed by atoms with Crippen LogP contribution < -0.4 is 5.32 Å². The van der Waals surface area contributed by atoms with Crippen LogP contribution in [0.2, 0.25) is 0 Å². The van der Waals surface area contributed by atoms with Crippen molar-refractivity contribution in [1.29, 1.82) is 0 Å². The Kier molecular flexibility index (Phi) is 5.58. The van der Waals surface area contributed by atoms with E-state index in [0.29, 0.717) is 6.04 Å². The average Bonchev–Trinajstić information content (AvgIpc) is 2.93. The van der Waals surface area contributed by atoms with Gasteiger partial charge < -0.3 is 10.4 Å². The number of hydrogen-bond acceptors (Lipinski definition) is 3. The molecular weight excluding hydrogens is 254 g/mol. The normalized spacial score (nSPS) is 12.5. The monoisotopic (exact) mass is 275 g/mol. The van der Waals surface area contributed by atoms with Gasteiger partial charge in [-0.3, -0.25) is 0 Å². The second-order valence-corrected chi connectivity index (χ2v) is 5.62. The van der Waals surface area contributed by atoms with Crippen molar-refractivity contribution in [3.8, 4) is 11.1 Å². The van der Waals surface area contributed by atoms with Crippen LogP contribution in [-0.4, -0.2) is 17.8 Å². The molecule has 1 atom stereocenters. The lowest BCUT2D eigenvalue weighted by Gasteiger charge is -2.15. The molecule has 2 N–H and O–H groups in total. The van der Waals surface area contributed by atoms with Gasteiger partial charge in [0.1, 0.15) is 0 Å². The van der Waals surface area contributed by atoms with E-state index in [-0.39, 0.29) is 6.61 Å². The molecule has 0 aliphatic heterocycles. The number of rotatable bonds is 7. The molecule has 2 aromatic rings. The van der Waals surface area contributed by atoms with Crippen LogP contribution in [0.4, 0.5) is 0 Å². The van der Waals surface area contributed by atoms with Crippen molar-refractivity contribution in [3.63, 3.8) is 0 Å². The Morgan fingerprint density at radius 1 is 1.21 bits per heavy atom. The Bertz CT molecular complexity index is 481. The van der Waals surface area contributed by atoms with Crippen molar-refractivity contribution in [1.82, 2.24) is 5.32 Å². The highest BCUT2D eigenvalue weighted by Crippen LogP contribution is 2.28. The second-order valence-electron chi connectivity index (χ2n) is 4.62. The van der Waals surface area contributed by atoms with Gasteiger partial charge in [0.25, 0.3) is 0 Å². The molecule has 0 radical (unpaired) electrons. The molecule has 0 aliphatic rings. The highest BCUT2D eigenvalue weighted by atomic mass is 32.1. The van der Waals surface area contributed by atoms with Gasteiger partial charge in [0.2, 0.25) is 0 Å². The largest absolute Gasteiger partial charge is 0.396 e. The lowest BCUT2D eigenvalue weighted by Crippen LogP contribution is -2.28. The summed E-state index contributed by atoms with van der Waals surface area (Å²) in [4.78, 5) is 1.36. The predicted octanol–water partition coefficient (Wildman–Crippen LogP) is 3.67. The molecule has 0 saturated carbocycles. The first kappa shape index (κ1) is 14.3. The smallest absolute Gasteiger partial charge is 0.0445 e. The first-order valence-electron chi connectivity index (χ1n) is 6.81. The maximum Gasteiger partial charge on any atom is 0.0445 e. The van der Waals surface area contributed by atoms with Crippen molar-refractivity contribution in [2.75, 3.05) is 6.61 Å². The van der Waals surface area contributed by atoms with Crippen LogP contribution >= 0.6 is 11.3 Å². The van der Waals surface area contributed by atoms with E-state index < -0.39 is 0 Å². The molecule has 1 aromatic carbocycles. The van der Waals surface area contributed by atoms with E-state index in [0.717, 1.165) is 19.4 Å². The van der Waals surface area contributed by atoms with Crippen molar-refractivity contribution < 1.29 is 5.11 Å². The zero-order valence-electron chi connectivity index (χ0n) is 11.3. The zero-order chi connectivity index (χ0) is 13.5. The topological polar surface area (TPSA) is 32.3 Å². The summed E-state index contributed by atoms with van der Waals surface area (Å²) < 4.78 is 0. The Hall–Kier alpha value is -1.16. The van der Waals surface area contributed by atoms with Crippen molar-refractivity contribution in [3.05, 3.63) is 46.7 Å². The number of aliphatic hydroxyl groups excluding tert-OH is 1. The molecule has 3 heteroatoms. The molecule has 0 saturated heterocycles. The minimum Gasteiger partial charge on any atom is -0.396 e. The fourth-order valence-corrected chi connectivity index (χ4v) is 3.04. The van der Waals surface area contributed by atoms with E-state index in [2.05, 4.69) is 48.0 Å². The van der Waals surface area contributed by atoms with Gasteiger partial charge in [-0.2, -0.15) is 0 Å². The highest BCUT2D eigenvalue weighted by Gasteiger charge is 2.09. The maximum absolute atomic E-state index is 9.02. The fraction of sp³-hybridized carbons (Fsp3) is 0.375. The Morgan fingerprint density at radius 3 is 2.68 bits per heavy atom. The molecule has 1 aromatic heterocycles. The summed E-state index contributed by atoms with van der Waals surface area (Å²) in [6.45, 7) is 3.28. The first-order valence-corrected chi connectivity index (χ1v) is 7.69. The SMILES string of the molecule is CCC(CCO)NCc1sccc1-c1ccccc1. The van der Waals surface area contributed by atoms with E-state index >= 15 is 0 Å². The molecule has 102 valence electrons. The third-order valence-corrected chi connectivity index (χ3v) is 4.27.